The van der Waals surface area contributed by atoms with Crippen LogP contribution in [0.5, 0.6) is 5.75 Å². The van der Waals surface area contributed by atoms with Gasteiger partial charge >= 0.3 is 0 Å². The van der Waals surface area contributed by atoms with Crippen LogP contribution in [0.3, 0.4) is 0 Å². The molecule has 0 atom stereocenters. The third-order valence-corrected chi connectivity index (χ3v) is 3.29. The molecule has 1 N–H and O–H groups in total. The number of rotatable bonds is 6. The molecular weight excluding hydrogens is 313 g/mol. The topological polar surface area (TPSA) is 56.1 Å². The van der Waals surface area contributed by atoms with Gasteiger partial charge in [0.1, 0.15) is 5.75 Å². The van der Waals surface area contributed by atoms with Crippen LogP contribution in [0.1, 0.15) is 16.8 Å². The number of hydrogen-bond acceptors (Lipinski definition) is 3. The number of halogens is 2. The first-order chi connectivity index (χ1) is 10.1. The van der Waals surface area contributed by atoms with Crippen LogP contribution in [0.25, 0.3) is 0 Å². The summed E-state index contributed by atoms with van der Waals surface area (Å²) in [6, 6.07) is 4.94. The van der Waals surface area contributed by atoms with E-state index < -0.39 is 0 Å². The van der Waals surface area contributed by atoms with Gasteiger partial charge in [0.2, 0.25) is 0 Å². The number of nitrogens with zero attached hydrogens (tertiary/aromatic N) is 2. The highest BCUT2D eigenvalue weighted by Crippen LogP contribution is 2.22. The Bertz CT molecular complexity index is 628. The molecule has 0 aliphatic heterocycles. The van der Waals surface area contributed by atoms with E-state index in [9.17, 15) is 4.79 Å². The lowest BCUT2D eigenvalue weighted by atomic mass is 10.2. The van der Waals surface area contributed by atoms with E-state index in [1.807, 2.05) is 0 Å². The molecule has 1 heterocycles. The molecule has 7 heteroatoms. The van der Waals surface area contributed by atoms with E-state index in [4.69, 9.17) is 27.9 Å². The fourth-order valence-electron chi connectivity index (χ4n) is 1.86. The maximum Gasteiger partial charge on any atom is 0.255 e. The van der Waals surface area contributed by atoms with Gasteiger partial charge in [-0.3, -0.25) is 9.48 Å². The summed E-state index contributed by atoms with van der Waals surface area (Å²) in [5.74, 6) is 0.281. The largest absolute Gasteiger partial charge is 0.496 e. The van der Waals surface area contributed by atoms with Crippen molar-refractivity contribution in [1.82, 2.24) is 15.1 Å². The molecule has 1 amide bonds. The van der Waals surface area contributed by atoms with Gasteiger partial charge in [-0.05, 0) is 24.6 Å². The average Bonchev–Trinajstić information content (AvgIpc) is 2.89. The molecule has 1 aromatic heterocycles. The van der Waals surface area contributed by atoms with Gasteiger partial charge in [0.25, 0.3) is 5.91 Å². The number of carbonyl (C=O) groups excluding carboxylic acids is 1. The summed E-state index contributed by atoms with van der Waals surface area (Å²) in [4.78, 5) is 12.1. The van der Waals surface area contributed by atoms with E-state index in [2.05, 4.69) is 10.4 Å². The van der Waals surface area contributed by atoms with Crippen molar-refractivity contribution < 1.29 is 9.53 Å². The highest BCUT2D eigenvalue weighted by Gasteiger charge is 2.12. The Morgan fingerprint density at radius 1 is 1.38 bits per heavy atom. The van der Waals surface area contributed by atoms with Gasteiger partial charge in [0.15, 0.2) is 0 Å². The van der Waals surface area contributed by atoms with Crippen molar-refractivity contribution in [2.75, 3.05) is 13.7 Å². The Labute approximate surface area is 132 Å². The van der Waals surface area contributed by atoms with Crippen LogP contribution in [0.2, 0.25) is 10.0 Å². The van der Waals surface area contributed by atoms with Crippen molar-refractivity contribution >= 4 is 29.1 Å². The second-order valence-corrected chi connectivity index (χ2v) is 5.25. The third-order valence-electron chi connectivity index (χ3n) is 2.86. The lowest BCUT2D eigenvalue weighted by Gasteiger charge is -2.09. The molecule has 21 heavy (non-hydrogen) atoms. The van der Waals surface area contributed by atoms with Crippen molar-refractivity contribution in [3.63, 3.8) is 0 Å². The fourth-order valence-corrected chi connectivity index (χ4v) is 2.18. The van der Waals surface area contributed by atoms with E-state index in [-0.39, 0.29) is 5.91 Å². The van der Waals surface area contributed by atoms with E-state index >= 15 is 0 Å². The first-order valence-electron chi connectivity index (χ1n) is 6.40. The SMILES string of the molecule is COc1ccc(Cl)cc1C(=O)NCCCn1cc(Cl)cn1. The number of carbonyl (C=O) groups is 1. The molecule has 0 aliphatic rings. The second kappa shape index (κ2) is 7.33. The van der Waals surface area contributed by atoms with Gasteiger partial charge in [0.05, 0.1) is 23.9 Å². The van der Waals surface area contributed by atoms with E-state index in [0.29, 0.717) is 34.4 Å². The van der Waals surface area contributed by atoms with Crippen LogP contribution in [0.4, 0.5) is 0 Å². The summed E-state index contributed by atoms with van der Waals surface area (Å²) < 4.78 is 6.88. The molecule has 5 nitrogen and oxygen atoms in total. The molecule has 0 spiro atoms. The van der Waals surface area contributed by atoms with Crippen LogP contribution >= 0.6 is 23.2 Å². The smallest absolute Gasteiger partial charge is 0.255 e. The Hall–Kier alpha value is -1.72. The molecule has 1 aromatic carbocycles. The first-order valence-corrected chi connectivity index (χ1v) is 7.15. The van der Waals surface area contributed by atoms with E-state index in [1.54, 1.807) is 35.3 Å². The predicted octanol–water partition coefficient (Wildman–Crippen LogP) is 3.02. The number of ether oxygens (including phenoxy) is 1. The minimum absolute atomic E-state index is 0.215. The number of methoxy groups -OCH3 is 1. The molecule has 0 saturated carbocycles. The minimum Gasteiger partial charge on any atom is -0.496 e. The first kappa shape index (κ1) is 15.7. The molecule has 0 radical (unpaired) electrons. The number of hydrogen-bond donors (Lipinski definition) is 1. The van der Waals surface area contributed by atoms with Gasteiger partial charge in [-0.2, -0.15) is 5.10 Å². The summed E-state index contributed by atoms with van der Waals surface area (Å²) >= 11 is 11.7. The number of benzene rings is 1. The monoisotopic (exact) mass is 327 g/mol. The molecule has 0 aliphatic carbocycles. The Morgan fingerprint density at radius 2 is 2.19 bits per heavy atom. The zero-order valence-corrected chi connectivity index (χ0v) is 13.0. The van der Waals surface area contributed by atoms with Gasteiger partial charge in [-0.15, -0.1) is 0 Å². The number of nitrogens with one attached hydrogen (secondary N) is 1. The molecular formula is C14H15Cl2N3O2. The van der Waals surface area contributed by atoms with Crippen molar-refractivity contribution in [3.8, 4) is 5.75 Å². The molecule has 112 valence electrons. The van der Waals surface area contributed by atoms with Crippen molar-refractivity contribution in [2.45, 2.75) is 13.0 Å². The minimum atomic E-state index is -0.215. The summed E-state index contributed by atoms with van der Waals surface area (Å²) in [5, 5.41) is 7.98. The predicted molar refractivity (Wildman–Crippen MR) is 82.2 cm³/mol. The summed E-state index contributed by atoms with van der Waals surface area (Å²) in [7, 11) is 1.52. The van der Waals surface area contributed by atoms with Crippen LogP contribution in [0.15, 0.2) is 30.6 Å². The average molecular weight is 328 g/mol. The van der Waals surface area contributed by atoms with Crippen molar-refractivity contribution in [1.29, 1.82) is 0 Å². The molecule has 0 bridgehead atoms. The van der Waals surface area contributed by atoms with Gasteiger partial charge in [-0.25, -0.2) is 0 Å². The zero-order valence-electron chi connectivity index (χ0n) is 11.5. The third kappa shape index (κ3) is 4.37. The standard InChI is InChI=1S/C14H15Cl2N3O2/c1-21-13-4-3-10(15)7-12(13)14(20)17-5-2-6-19-9-11(16)8-18-19/h3-4,7-9H,2,5-6H2,1H3,(H,17,20). The van der Waals surface area contributed by atoms with Crippen LogP contribution in [0, 0.1) is 0 Å². The quantitative estimate of drug-likeness (QED) is 0.830. The van der Waals surface area contributed by atoms with Crippen molar-refractivity contribution in [3.05, 3.63) is 46.2 Å². The zero-order chi connectivity index (χ0) is 15.2. The fraction of sp³-hybridized carbons (Fsp3) is 0.286. The number of amides is 1. The van der Waals surface area contributed by atoms with E-state index in [1.165, 1.54) is 7.11 Å². The highest BCUT2D eigenvalue weighted by molar-refractivity contribution is 6.31. The maximum atomic E-state index is 12.1. The van der Waals surface area contributed by atoms with Crippen LogP contribution in [-0.2, 0) is 6.54 Å². The molecule has 0 saturated heterocycles. The summed E-state index contributed by atoms with van der Waals surface area (Å²) in [6.07, 6.45) is 4.06. The summed E-state index contributed by atoms with van der Waals surface area (Å²) in [6.45, 7) is 1.20. The normalized spacial score (nSPS) is 10.4. The van der Waals surface area contributed by atoms with E-state index in [0.717, 1.165) is 6.42 Å². The van der Waals surface area contributed by atoms with Gasteiger partial charge in [0, 0.05) is 24.3 Å². The number of aryl methyl sites for hydroxylation is 1. The Balaban J connectivity index is 1.85. The van der Waals surface area contributed by atoms with Crippen LogP contribution in [-0.4, -0.2) is 29.3 Å². The van der Waals surface area contributed by atoms with Crippen LogP contribution < -0.4 is 10.1 Å². The molecule has 2 aromatic rings. The Kier molecular flexibility index (Phi) is 5.47. The summed E-state index contributed by atoms with van der Waals surface area (Å²) in [5.41, 5.74) is 0.423. The lowest BCUT2D eigenvalue weighted by Crippen LogP contribution is -2.25. The lowest BCUT2D eigenvalue weighted by molar-refractivity contribution is 0.0949. The molecule has 0 unspecified atom stereocenters. The highest BCUT2D eigenvalue weighted by atomic mass is 35.5. The van der Waals surface area contributed by atoms with Gasteiger partial charge in [-0.1, -0.05) is 23.2 Å². The second-order valence-electron chi connectivity index (χ2n) is 4.38. The van der Waals surface area contributed by atoms with Crippen molar-refractivity contribution in [2.24, 2.45) is 0 Å². The molecule has 0 fully saturated rings. The van der Waals surface area contributed by atoms with Gasteiger partial charge < -0.3 is 10.1 Å². The Morgan fingerprint density at radius 3 is 2.86 bits per heavy atom. The maximum absolute atomic E-state index is 12.1. The number of aromatic nitrogens is 2. The molecule has 2 rings (SSSR count).